The Kier molecular flexibility index (Phi) is 4.18. The summed E-state index contributed by atoms with van der Waals surface area (Å²) < 4.78 is 27.5. The van der Waals surface area contributed by atoms with E-state index < -0.39 is 18.1 Å². The van der Waals surface area contributed by atoms with Gasteiger partial charge in [0, 0.05) is 43.7 Å². The van der Waals surface area contributed by atoms with E-state index in [9.17, 15) is 13.6 Å². The van der Waals surface area contributed by atoms with E-state index in [0.717, 1.165) is 11.1 Å². The Morgan fingerprint density at radius 2 is 2.04 bits per heavy atom. The summed E-state index contributed by atoms with van der Waals surface area (Å²) in [5.74, 6) is -1.19. The third-order valence-electron chi connectivity index (χ3n) is 4.90. The fourth-order valence-corrected chi connectivity index (χ4v) is 3.52. The molecule has 0 aromatic carbocycles. The van der Waals surface area contributed by atoms with Gasteiger partial charge in [-0.05, 0) is 30.0 Å². The number of rotatable bonds is 3. The Balaban J connectivity index is 1.58. The van der Waals surface area contributed by atoms with E-state index in [2.05, 4.69) is 9.97 Å². The van der Waals surface area contributed by atoms with Gasteiger partial charge in [-0.1, -0.05) is 0 Å². The number of carbonyl (C=O) groups is 1. The first kappa shape index (κ1) is 16.7. The van der Waals surface area contributed by atoms with Crippen LogP contribution < -0.4 is 9.80 Å². The summed E-state index contributed by atoms with van der Waals surface area (Å²) >= 11 is 0. The van der Waals surface area contributed by atoms with Crippen LogP contribution in [0.5, 0.6) is 0 Å². The Morgan fingerprint density at radius 3 is 2.77 bits per heavy atom. The van der Waals surface area contributed by atoms with E-state index in [-0.39, 0.29) is 12.2 Å². The van der Waals surface area contributed by atoms with Crippen molar-refractivity contribution in [1.29, 1.82) is 0 Å². The number of nitrogens with zero attached hydrogens (tertiary/aromatic N) is 4. The molecule has 1 unspecified atom stereocenters. The highest BCUT2D eigenvalue weighted by molar-refractivity contribution is 5.85. The second-order valence-electron chi connectivity index (χ2n) is 6.65. The maximum absolute atomic E-state index is 14.0. The highest BCUT2D eigenvalue weighted by atomic mass is 19.1. The van der Waals surface area contributed by atoms with Gasteiger partial charge in [-0.25, -0.2) is 19.2 Å². The lowest BCUT2D eigenvalue weighted by molar-refractivity contribution is 0.0690. The molecule has 1 N–H and O–H groups in total. The minimum Gasteiger partial charge on any atom is -0.477 e. The topological polar surface area (TPSA) is 69.6 Å². The Morgan fingerprint density at radius 1 is 1.19 bits per heavy atom. The first-order valence-electron chi connectivity index (χ1n) is 8.52. The molecule has 8 heteroatoms. The number of halogens is 2. The van der Waals surface area contributed by atoms with Gasteiger partial charge in [-0.15, -0.1) is 0 Å². The standard InChI is InChI=1S/C18H18F2N4O2/c19-13-2-4-24(10-13)17-7-14(6-16(20)22-17)23-3-1-11-5-15(18(25)26)21-8-12(11)9-23/h5-8,13H,1-4,9-10H2,(H,25,26). The van der Waals surface area contributed by atoms with Crippen molar-refractivity contribution in [2.45, 2.75) is 25.6 Å². The number of aromatic nitrogens is 2. The zero-order valence-electron chi connectivity index (χ0n) is 14.0. The van der Waals surface area contributed by atoms with Gasteiger partial charge in [-0.3, -0.25) is 0 Å². The van der Waals surface area contributed by atoms with Crippen molar-refractivity contribution >= 4 is 17.5 Å². The van der Waals surface area contributed by atoms with Crippen LogP contribution in [0.2, 0.25) is 0 Å². The molecule has 1 saturated heterocycles. The number of hydrogen-bond donors (Lipinski definition) is 1. The summed E-state index contributed by atoms with van der Waals surface area (Å²) in [4.78, 5) is 22.7. The number of fused-ring (bicyclic) bond motifs is 1. The highest BCUT2D eigenvalue weighted by Crippen LogP contribution is 2.29. The van der Waals surface area contributed by atoms with Crippen LogP contribution >= 0.6 is 0 Å². The zero-order valence-corrected chi connectivity index (χ0v) is 14.0. The Hall–Kier alpha value is -2.77. The zero-order chi connectivity index (χ0) is 18.3. The van der Waals surface area contributed by atoms with Gasteiger partial charge in [0.25, 0.3) is 0 Å². The SMILES string of the molecule is O=C(O)c1cc2c(cn1)CN(c1cc(F)nc(N3CCC(F)C3)c1)CC2. The molecular weight excluding hydrogens is 342 g/mol. The van der Waals surface area contributed by atoms with Gasteiger partial charge in [0.05, 0.1) is 6.54 Å². The molecule has 0 aliphatic carbocycles. The van der Waals surface area contributed by atoms with Crippen molar-refractivity contribution in [3.05, 3.63) is 47.2 Å². The van der Waals surface area contributed by atoms with Crippen molar-refractivity contribution < 1.29 is 18.7 Å². The largest absolute Gasteiger partial charge is 0.477 e. The van der Waals surface area contributed by atoms with E-state index in [1.165, 1.54) is 6.07 Å². The quantitative estimate of drug-likeness (QED) is 0.848. The van der Waals surface area contributed by atoms with Gasteiger partial charge in [0.15, 0.2) is 0 Å². The van der Waals surface area contributed by atoms with E-state index in [4.69, 9.17) is 5.11 Å². The lowest BCUT2D eigenvalue weighted by atomic mass is 10.0. The fraction of sp³-hybridized carbons (Fsp3) is 0.389. The van der Waals surface area contributed by atoms with Crippen LogP contribution in [0.1, 0.15) is 28.0 Å². The summed E-state index contributed by atoms with van der Waals surface area (Å²) in [5, 5.41) is 9.05. The molecule has 0 saturated carbocycles. The van der Waals surface area contributed by atoms with E-state index in [0.29, 0.717) is 44.0 Å². The van der Waals surface area contributed by atoms with Crippen LogP contribution in [0.4, 0.5) is 20.3 Å². The maximum Gasteiger partial charge on any atom is 0.354 e. The third-order valence-corrected chi connectivity index (χ3v) is 4.90. The highest BCUT2D eigenvalue weighted by Gasteiger charge is 2.25. The summed E-state index contributed by atoms with van der Waals surface area (Å²) in [6.07, 6.45) is 1.74. The van der Waals surface area contributed by atoms with E-state index >= 15 is 0 Å². The second-order valence-corrected chi connectivity index (χ2v) is 6.65. The average molecular weight is 360 g/mol. The second kappa shape index (κ2) is 6.51. The molecule has 0 spiro atoms. The molecule has 2 aromatic heterocycles. The molecule has 136 valence electrons. The van der Waals surface area contributed by atoms with Crippen molar-refractivity contribution in [3.63, 3.8) is 0 Å². The lowest BCUT2D eigenvalue weighted by Gasteiger charge is -2.31. The van der Waals surface area contributed by atoms with Crippen LogP contribution in [-0.4, -0.2) is 46.8 Å². The molecule has 1 fully saturated rings. The van der Waals surface area contributed by atoms with Crippen molar-refractivity contribution in [2.75, 3.05) is 29.4 Å². The van der Waals surface area contributed by atoms with Crippen molar-refractivity contribution in [1.82, 2.24) is 9.97 Å². The van der Waals surface area contributed by atoms with Gasteiger partial charge >= 0.3 is 5.97 Å². The molecule has 0 radical (unpaired) electrons. The monoisotopic (exact) mass is 360 g/mol. The average Bonchev–Trinajstić information content (AvgIpc) is 3.06. The molecule has 6 nitrogen and oxygen atoms in total. The van der Waals surface area contributed by atoms with Gasteiger partial charge in [0.2, 0.25) is 5.95 Å². The van der Waals surface area contributed by atoms with Gasteiger partial charge < -0.3 is 14.9 Å². The number of anilines is 2. The maximum atomic E-state index is 14.0. The minimum absolute atomic E-state index is 0.0317. The molecule has 4 rings (SSSR count). The normalized spacial score (nSPS) is 19.5. The number of carboxylic acid groups (broad SMARTS) is 1. The molecular formula is C18H18F2N4O2. The Bertz CT molecular complexity index is 861. The lowest BCUT2D eigenvalue weighted by Crippen LogP contribution is -2.31. The first-order valence-corrected chi connectivity index (χ1v) is 8.52. The van der Waals surface area contributed by atoms with Crippen LogP contribution in [0.25, 0.3) is 0 Å². The summed E-state index contributed by atoms with van der Waals surface area (Å²) in [7, 11) is 0. The summed E-state index contributed by atoms with van der Waals surface area (Å²) in [5.41, 5.74) is 2.58. The molecule has 0 bridgehead atoms. The predicted molar refractivity (Wildman–Crippen MR) is 91.9 cm³/mol. The fourth-order valence-electron chi connectivity index (χ4n) is 3.52. The predicted octanol–water partition coefficient (Wildman–Crippen LogP) is 2.42. The minimum atomic E-state index is -1.05. The number of carboxylic acids is 1. The van der Waals surface area contributed by atoms with Crippen LogP contribution in [-0.2, 0) is 13.0 Å². The van der Waals surface area contributed by atoms with Crippen molar-refractivity contribution in [2.24, 2.45) is 0 Å². The Labute approximate surface area is 149 Å². The van der Waals surface area contributed by atoms with Crippen LogP contribution in [0.3, 0.4) is 0 Å². The molecule has 2 aliphatic heterocycles. The summed E-state index contributed by atoms with van der Waals surface area (Å²) in [6, 6.07) is 4.75. The van der Waals surface area contributed by atoms with Gasteiger partial charge in [-0.2, -0.15) is 4.39 Å². The van der Waals surface area contributed by atoms with E-state index in [1.807, 2.05) is 4.90 Å². The third kappa shape index (κ3) is 3.18. The number of aromatic carboxylic acids is 1. The van der Waals surface area contributed by atoms with Crippen LogP contribution in [0, 0.1) is 5.95 Å². The molecule has 1 atom stereocenters. The van der Waals surface area contributed by atoms with Crippen molar-refractivity contribution in [3.8, 4) is 0 Å². The molecule has 2 aromatic rings. The number of pyridine rings is 2. The smallest absolute Gasteiger partial charge is 0.354 e. The first-order chi connectivity index (χ1) is 12.5. The molecule has 0 amide bonds. The molecule has 26 heavy (non-hydrogen) atoms. The summed E-state index contributed by atoms with van der Waals surface area (Å²) in [6.45, 7) is 1.91. The number of hydrogen-bond acceptors (Lipinski definition) is 5. The molecule has 2 aliphatic rings. The number of alkyl halides is 1. The van der Waals surface area contributed by atoms with E-state index in [1.54, 1.807) is 23.2 Å². The van der Waals surface area contributed by atoms with Gasteiger partial charge in [0.1, 0.15) is 17.7 Å². The van der Waals surface area contributed by atoms with Crippen LogP contribution in [0.15, 0.2) is 24.4 Å². The molecule has 4 heterocycles.